The van der Waals surface area contributed by atoms with Gasteiger partial charge < -0.3 is 15.4 Å². The normalized spacial score (nSPS) is 11.8. The number of ether oxygens (including phenoxy) is 1. The van der Waals surface area contributed by atoms with E-state index in [0.717, 1.165) is 17.7 Å². The molecule has 0 aliphatic carbocycles. The summed E-state index contributed by atoms with van der Waals surface area (Å²) in [4.78, 5) is 26.7. The number of halogens is 1. The molecule has 0 spiro atoms. The topological polar surface area (TPSA) is 70.7 Å². The highest BCUT2D eigenvalue weighted by Crippen LogP contribution is 2.27. The summed E-state index contributed by atoms with van der Waals surface area (Å²) in [5.41, 5.74) is 2.35. The van der Waals surface area contributed by atoms with Crippen molar-refractivity contribution >= 4 is 34.8 Å². The highest BCUT2D eigenvalue weighted by Gasteiger charge is 2.21. The van der Waals surface area contributed by atoms with E-state index in [1.165, 1.54) is 7.11 Å². The zero-order chi connectivity index (χ0) is 20.7. The second kappa shape index (κ2) is 10.1. The van der Waals surface area contributed by atoms with Crippen LogP contribution in [0.15, 0.2) is 42.5 Å². The highest BCUT2D eigenvalue weighted by atomic mass is 35.5. The average Bonchev–Trinajstić information content (AvgIpc) is 2.67. The Morgan fingerprint density at radius 2 is 1.86 bits per heavy atom. The van der Waals surface area contributed by atoms with Crippen molar-refractivity contribution in [1.82, 2.24) is 4.90 Å². The van der Waals surface area contributed by atoms with E-state index < -0.39 is 6.04 Å². The van der Waals surface area contributed by atoms with E-state index in [1.807, 2.05) is 31.2 Å². The molecule has 0 aliphatic rings. The van der Waals surface area contributed by atoms with E-state index in [1.54, 1.807) is 37.1 Å². The van der Waals surface area contributed by atoms with Gasteiger partial charge in [-0.1, -0.05) is 36.7 Å². The first kappa shape index (κ1) is 21.7. The van der Waals surface area contributed by atoms with Gasteiger partial charge in [0, 0.05) is 10.7 Å². The largest absolute Gasteiger partial charge is 0.495 e. The lowest BCUT2D eigenvalue weighted by molar-refractivity contribution is -0.122. The Balaban J connectivity index is 1.98. The van der Waals surface area contributed by atoms with Crippen molar-refractivity contribution in [2.24, 2.45) is 0 Å². The summed E-state index contributed by atoms with van der Waals surface area (Å²) in [6.07, 6.45) is 0.826. The maximum atomic E-state index is 12.6. The van der Waals surface area contributed by atoms with Gasteiger partial charge in [-0.25, -0.2) is 0 Å². The summed E-state index contributed by atoms with van der Waals surface area (Å²) < 4.78 is 5.24. The van der Waals surface area contributed by atoms with Crippen molar-refractivity contribution in [3.63, 3.8) is 0 Å². The van der Waals surface area contributed by atoms with Crippen molar-refractivity contribution in [1.29, 1.82) is 0 Å². The average molecular weight is 404 g/mol. The Bertz CT molecular complexity index is 841. The van der Waals surface area contributed by atoms with Crippen molar-refractivity contribution in [2.75, 3.05) is 31.3 Å². The number of aryl methyl sites for hydroxylation is 1. The van der Waals surface area contributed by atoms with E-state index in [4.69, 9.17) is 16.3 Å². The molecule has 6 nitrogen and oxygen atoms in total. The summed E-state index contributed by atoms with van der Waals surface area (Å²) in [6.45, 7) is 3.85. The van der Waals surface area contributed by atoms with Crippen molar-refractivity contribution in [3.05, 3.63) is 53.1 Å². The van der Waals surface area contributed by atoms with E-state index in [0.29, 0.717) is 16.5 Å². The van der Waals surface area contributed by atoms with Gasteiger partial charge in [0.25, 0.3) is 0 Å². The highest BCUT2D eigenvalue weighted by molar-refractivity contribution is 6.31. The summed E-state index contributed by atoms with van der Waals surface area (Å²) in [6, 6.07) is 12.1. The van der Waals surface area contributed by atoms with Crippen LogP contribution in [0.3, 0.4) is 0 Å². The monoisotopic (exact) mass is 403 g/mol. The summed E-state index contributed by atoms with van der Waals surface area (Å²) in [5.74, 6) is 0.0785. The summed E-state index contributed by atoms with van der Waals surface area (Å²) in [7, 11) is 3.25. The van der Waals surface area contributed by atoms with Crippen LogP contribution in [0.2, 0.25) is 5.02 Å². The predicted molar refractivity (Wildman–Crippen MR) is 113 cm³/mol. The van der Waals surface area contributed by atoms with Crippen LogP contribution in [0.4, 0.5) is 11.4 Å². The predicted octanol–water partition coefficient (Wildman–Crippen LogP) is 3.81. The summed E-state index contributed by atoms with van der Waals surface area (Å²) >= 11 is 6.00. The molecule has 0 saturated heterocycles. The molecule has 2 rings (SSSR count). The fraction of sp³-hybridized carbons (Fsp3) is 0.333. The maximum absolute atomic E-state index is 12.6. The molecular formula is C21H26ClN3O3. The lowest BCUT2D eigenvalue weighted by Gasteiger charge is -2.24. The molecule has 0 aliphatic heterocycles. The molecule has 1 atom stereocenters. The molecule has 0 heterocycles. The molecule has 1 unspecified atom stereocenters. The smallest absolute Gasteiger partial charge is 0.241 e. The van der Waals surface area contributed by atoms with Crippen LogP contribution < -0.4 is 15.4 Å². The molecule has 150 valence electrons. The number of carbonyl (C=O) groups excluding carboxylic acids is 2. The van der Waals surface area contributed by atoms with Crippen LogP contribution >= 0.6 is 11.6 Å². The molecule has 2 amide bonds. The number of nitrogens with one attached hydrogen (secondary N) is 2. The number of rotatable bonds is 8. The van der Waals surface area contributed by atoms with Gasteiger partial charge in [0.15, 0.2) is 0 Å². The van der Waals surface area contributed by atoms with E-state index in [-0.39, 0.29) is 18.4 Å². The van der Waals surface area contributed by atoms with Gasteiger partial charge in [0.2, 0.25) is 11.8 Å². The van der Waals surface area contributed by atoms with E-state index >= 15 is 0 Å². The third kappa shape index (κ3) is 5.71. The molecule has 0 bridgehead atoms. The molecule has 2 aromatic carbocycles. The molecule has 28 heavy (non-hydrogen) atoms. The first-order valence-corrected chi connectivity index (χ1v) is 9.45. The fourth-order valence-electron chi connectivity index (χ4n) is 2.72. The van der Waals surface area contributed by atoms with Crippen molar-refractivity contribution in [3.8, 4) is 5.75 Å². The Hall–Kier alpha value is -2.57. The second-order valence-electron chi connectivity index (χ2n) is 6.48. The number of benzene rings is 2. The lowest BCUT2D eigenvalue weighted by atomic mass is 10.1. The number of carbonyl (C=O) groups is 2. The molecular weight excluding hydrogens is 378 g/mol. The number of hydrogen-bond acceptors (Lipinski definition) is 4. The van der Waals surface area contributed by atoms with Crippen LogP contribution in [0.25, 0.3) is 0 Å². The SMILES string of the molecule is CCc1ccccc1NC(=O)CN(C)C(C)C(=O)Nc1cc(Cl)ccc1OC. The van der Waals surface area contributed by atoms with Crippen LogP contribution in [-0.4, -0.2) is 43.5 Å². The number of anilines is 2. The third-order valence-corrected chi connectivity index (χ3v) is 4.76. The zero-order valence-corrected chi connectivity index (χ0v) is 17.3. The van der Waals surface area contributed by atoms with Crippen LogP contribution in [0.5, 0.6) is 5.75 Å². The zero-order valence-electron chi connectivity index (χ0n) is 16.6. The minimum absolute atomic E-state index is 0.0827. The van der Waals surface area contributed by atoms with Gasteiger partial charge >= 0.3 is 0 Å². The molecule has 0 fully saturated rings. The van der Waals surface area contributed by atoms with Crippen LogP contribution in [0.1, 0.15) is 19.4 Å². The second-order valence-corrected chi connectivity index (χ2v) is 6.92. The Morgan fingerprint density at radius 3 is 2.54 bits per heavy atom. The number of amides is 2. The molecule has 2 N–H and O–H groups in total. The number of likely N-dealkylation sites (N-methyl/N-ethyl adjacent to an activating group) is 1. The van der Waals surface area contributed by atoms with Gasteiger partial charge in [-0.2, -0.15) is 0 Å². The number of methoxy groups -OCH3 is 1. The molecule has 0 aromatic heterocycles. The van der Waals surface area contributed by atoms with Gasteiger partial charge in [-0.05, 0) is 50.2 Å². The van der Waals surface area contributed by atoms with Gasteiger partial charge in [0.1, 0.15) is 5.75 Å². The minimum Gasteiger partial charge on any atom is -0.495 e. The molecule has 2 aromatic rings. The van der Waals surface area contributed by atoms with Gasteiger partial charge in [0.05, 0.1) is 25.4 Å². The number of hydrogen-bond donors (Lipinski definition) is 2. The van der Waals surface area contributed by atoms with Crippen molar-refractivity contribution in [2.45, 2.75) is 26.3 Å². The van der Waals surface area contributed by atoms with Gasteiger partial charge in [-0.15, -0.1) is 0 Å². The Labute approximate surface area is 170 Å². The third-order valence-electron chi connectivity index (χ3n) is 4.53. The standard InChI is InChI=1S/C21H26ClN3O3/c1-5-15-8-6-7-9-17(15)23-20(26)13-25(3)14(2)21(27)24-18-12-16(22)10-11-19(18)28-4/h6-12,14H,5,13H2,1-4H3,(H,23,26)(H,24,27). The molecule has 0 radical (unpaired) electrons. The Kier molecular flexibility index (Phi) is 7.84. The molecule has 0 saturated carbocycles. The van der Waals surface area contributed by atoms with Gasteiger partial charge in [-0.3, -0.25) is 14.5 Å². The first-order valence-electron chi connectivity index (χ1n) is 9.08. The quantitative estimate of drug-likeness (QED) is 0.703. The lowest BCUT2D eigenvalue weighted by Crippen LogP contribution is -2.43. The van der Waals surface area contributed by atoms with E-state index in [2.05, 4.69) is 10.6 Å². The Morgan fingerprint density at radius 1 is 1.14 bits per heavy atom. The van der Waals surface area contributed by atoms with Crippen LogP contribution in [-0.2, 0) is 16.0 Å². The maximum Gasteiger partial charge on any atom is 0.241 e. The fourth-order valence-corrected chi connectivity index (χ4v) is 2.89. The van der Waals surface area contributed by atoms with Crippen molar-refractivity contribution < 1.29 is 14.3 Å². The number of nitrogens with zero attached hydrogens (tertiary/aromatic N) is 1. The van der Waals surface area contributed by atoms with E-state index in [9.17, 15) is 9.59 Å². The first-order chi connectivity index (χ1) is 13.3. The minimum atomic E-state index is -0.532. The summed E-state index contributed by atoms with van der Waals surface area (Å²) in [5, 5.41) is 6.21. The molecule has 7 heteroatoms. The number of para-hydroxylation sites is 1. The van der Waals surface area contributed by atoms with Crippen LogP contribution in [0, 0.1) is 0 Å².